The second-order valence-corrected chi connectivity index (χ2v) is 4.14. The second kappa shape index (κ2) is 3.54. The van der Waals surface area contributed by atoms with Gasteiger partial charge in [0.15, 0.2) is 0 Å². The van der Waals surface area contributed by atoms with Crippen LogP contribution in [0.1, 0.15) is 23.6 Å². The average Bonchev–Trinajstić information content (AvgIpc) is 2.34. The summed E-state index contributed by atoms with van der Waals surface area (Å²) in [5.41, 5.74) is 0. The fraction of sp³-hybridized carbons (Fsp3) is 0.444. The van der Waals surface area contributed by atoms with Crippen LogP contribution in [-0.2, 0) is 6.42 Å². The molecule has 0 saturated heterocycles. The van der Waals surface area contributed by atoms with Crippen molar-refractivity contribution in [3.05, 3.63) is 21.9 Å². The molecule has 0 bridgehead atoms. The van der Waals surface area contributed by atoms with E-state index in [1.54, 1.807) is 11.3 Å². The Balaban J connectivity index is 2.67. The van der Waals surface area contributed by atoms with Crippen LogP contribution in [0.15, 0.2) is 12.1 Å². The fourth-order valence-electron chi connectivity index (χ4n) is 0.950. The third-order valence-corrected chi connectivity index (χ3v) is 2.39. The van der Waals surface area contributed by atoms with Gasteiger partial charge < -0.3 is 0 Å². The van der Waals surface area contributed by atoms with Gasteiger partial charge in [-0.15, -0.1) is 11.3 Å². The zero-order chi connectivity index (χ0) is 8.27. The predicted octanol–water partition coefficient (Wildman–Crippen LogP) is 2.82. The van der Waals surface area contributed by atoms with Crippen molar-refractivity contribution in [3.8, 4) is 6.07 Å². The highest BCUT2D eigenvalue weighted by Gasteiger charge is 2.00. The summed E-state index contributed by atoms with van der Waals surface area (Å²) in [4.78, 5) is 2.14. The van der Waals surface area contributed by atoms with Crippen LogP contribution in [0.25, 0.3) is 0 Å². The van der Waals surface area contributed by atoms with E-state index in [4.69, 9.17) is 5.26 Å². The molecule has 1 aromatic heterocycles. The quantitative estimate of drug-likeness (QED) is 0.661. The molecule has 0 amide bonds. The van der Waals surface area contributed by atoms with Crippen molar-refractivity contribution in [2.45, 2.75) is 20.3 Å². The normalized spacial score (nSPS) is 10.0. The van der Waals surface area contributed by atoms with Crippen molar-refractivity contribution in [1.82, 2.24) is 0 Å². The first-order valence-electron chi connectivity index (χ1n) is 3.71. The van der Waals surface area contributed by atoms with E-state index in [9.17, 15) is 0 Å². The Kier molecular flexibility index (Phi) is 2.67. The first-order chi connectivity index (χ1) is 5.22. The highest BCUT2D eigenvalue weighted by atomic mass is 32.1. The van der Waals surface area contributed by atoms with Gasteiger partial charge in [-0.1, -0.05) is 13.8 Å². The topological polar surface area (TPSA) is 23.8 Å². The molecule has 0 fully saturated rings. The lowest BCUT2D eigenvalue weighted by atomic mass is 10.1. The maximum atomic E-state index is 8.55. The molecule has 58 valence electrons. The first-order valence-corrected chi connectivity index (χ1v) is 4.53. The van der Waals surface area contributed by atoms with E-state index in [1.165, 1.54) is 4.88 Å². The van der Waals surface area contributed by atoms with Crippen molar-refractivity contribution in [2.24, 2.45) is 5.92 Å². The van der Waals surface area contributed by atoms with Crippen LogP contribution in [0.2, 0.25) is 0 Å². The molecule has 0 aliphatic rings. The molecule has 1 heterocycles. The lowest BCUT2D eigenvalue weighted by Gasteiger charge is -1.98. The number of hydrogen-bond acceptors (Lipinski definition) is 2. The summed E-state index contributed by atoms with van der Waals surface area (Å²) >= 11 is 1.60. The van der Waals surface area contributed by atoms with Gasteiger partial charge in [-0.2, -0.15) is 5.26 Å². The SMILES string of the molecule is CC(C)Cc1ccc(C#N)s1. The number of hydrogen-bond donors (Lipinski definition) is 0. The summed E-state index contributed by atoms with van der Waals surface area (Å²) in [5.74, 6) is 0.681. The summed E-state index contributed by atoms with van der Waals surface area (Å²) in [6.45, 7) is 4.37. The molecule has 0 atom stereocenters. The molecular formula is C9H11NS. The van der Waals surface area contributed by atoms with E-state index >= 15 is 0 Å². The van der Waals surface area contributed by atoms with Gasteiger partial charge in [-0.05, 0) is 24.5 Å². The molecule has 0 N–H and O–H groups in total. The van der Waals surface area contributed by atoms with Crippen molar-refractivity contribution >= 4 is 11.3 Å². The Morgan fingerprint density at radius 2 is 2.27 bits per heavy atom. The Bertz CT molecular complexity index is 267. The molecule has 1 rings (SSSR count). The Labute approximate surface area is 71.3 Å². The molecule has 0 spiro atoms. The van der Waals surface area contributed by atoms with E-state index < -0.39 is 0 Å². The van der Waals surface area contributed by atoms with Gasteiger partial charge in [0.1, 0.15) is 10.9 Å². The van der Waals surface area contributed by atoms with Crippen LogP contribution >= 0.6 is 11.3 Å². The van der Waals surface area contributed by atoms with Gasteiger partial charge in [-0.3, -0.25) is 0 Å². The monoisotopic (exact) mass is 165 g/mol. The van der Waals surface area contributed by atoms with Crippen molar-refractivity contribution in [1.29, 1.82) is 5.26 Å². The standard InChI is InChI=1S/C9H11NS/c1-7(2)5-8-3-4-9(6-10)11-8/h3-4,7H,5H2,1-2H3. The largest absolute Gasteiger partial charge is 0.192 e. The average molecular weight is 165 g/mol. The van der Waals surface area contributed by atoms with E-state index in [0.29, 0.717) is 5.92 Å². The maximum Gasteiger partial charge on any atom is 0.110 e. The van der Waals surface area contributed by atoms with E-state index in [0.717, 1.165) is 11.3 Å². The summed E-state index contributed by atoms with van der Waals surface area (Å²) in [6.07, 6.45) is 1.09. The third-order valence-electron chi connectivity index (χ3n) is 1.38. The lowest BCUT2D eigenvalue weighted by molar-refractivity contribution is 0.654. The number of nitriles is 1. The minimum Gasteiger partial charge on any atom is -0.192 e. The summed E-state index contributed by atoms with van der Waals surface area (Å²) < 4.78 is 0. The van der Waals surface area contributed by atoms with Gasteiger partial charge >= 0.3 is 0 Å². The Morgan fingerprint density at radius 3 is 2.73 bits per heavy atom. The molecule has 0 radical (unpaired) electrons. The maximum absolute atomic E-state index is 8.55. The van der Waals surface area contributed by atoms with Crippen molar-refractivity contribution in [3.63, 3.8) is 0 Å². The van der Waals surface area contributed by atoms with E-state index in [-0.39, 0.29) is 0 Å². The molecule has 0 aromatic carbocycles. The highest BCUT2D eigenvalue weighted by molar-refractivity contribution is 7.12. The summed E-state index contributed by atoms with van der Waals surface area (Å²) in [5, 5.41) is 8.55. The molecule has 11 heavy (non-hydrogen) atoms. The number of rotatable bonds is 2. The highest BCUT2D eigenvalue weighted by Crippen LogP contribution is 2.18. The molecular weight excluding hydrogens is 154 g/mol. The Hall–Kier alpha value is -0.810. The summed E-state index contributed by atoms with van der Waals surface area (Å²) in [7, 11) is 0. The van der Waals surface area contributed by atoms with Crippen molar-refractivity contribution < 1.29 is 0 Å². The van der Waals surface area contributed by atoms with Gasteiger partial charge in [0.05, 0.1) is 0 Å². The lowest BCUT2D eigenvalue weighted by Crippen LogP contribution is -1.89. The van der Waals surface area contributed by atoms with Crippen LogP contribution in [-0.4, -0.2) is 0 Å². The number of nitrogens with zero attached hydrogens (tertiary/aromatic N) is 1. The second-order valence-electron chi connectivity index (χ2n) is 2.98. The van der Waals surface area contributed by atoms with Gasteiger partial charge in [0, 0.05) is 4.88 Å². The van der Waals surface area contributed by atoms with Crippen molar-refractivity contribution in [2.75, 3.05) is 0 Å². The molecule has 0 aliphatic carbocycles. The van der Waals surface area contributed by atoms with E-state index in [2.05, 4.69) is 19.9 Å². The molecule has 0 saturated carbocycles. The predicted molar refractivity (Wildman–Crippen MR) is 47.6 cm³/mol. The summed E-state index contributed by atoms with van der Waals surface area (Å²) in [6, 6.07) is 6.08. The van der Waals surface area contributed by atoms with Gasteiger partial charge in [-0.25, -0.2) is 0 Å². The zero-order valence-electron chi connectivity index (χ0n) is 6.79. The molecule has 0 aliphatic heterocycles. The fourth-order valence-corrected chi connectivity index (χ4v) is 1.97. The smallest absolute Gasteiger partial charge is 0.110 e. The van der Waals surface area contributed by atoms with Gasteiger partial charge in [0.2, 0.25) is 0 Å². The van der Waals surface area contributed by atoms with Gasteiger partial charge in [0.25, 0.3) is 0 Å². The van der Waals surface area contributed by atoms with E-state index in [1.807, 2.05) is 12.1 Å². The molecule has 1 nitrogen and oxygen atoms in total. The minimum absolute atomic E-state index is 0.681. The van der Waals surface area contributed by atoms with Crippen LogP contribution in [0, 0.1) is 17.2 Å². The van der Waals surface area contributed by atoms with Crippen LogP contribution in [0.5, 0.6) is 0 Å². The number of thiophene rings is 1. The molecule has 1 aromatic rings. The van der Waals surface area contributed by atoms with Crippen LogP contribution in [0.3, 0.4) is 0 Å². The zero-order valence-corrected chi connectivity index (χ0v) is 7.61. The molecule has 2 heteroatoms. The third kappa shape index (κ3) is 2.36. The van der Waals surface area contributed by atoms with Crippen LogP contribution in [0.4, 0.5) is 0 Å². The first kappa shape index (κ1) is 8.29. The molecule has 0 unspecified atom stereocenters. The minimum atomic E-state index is 0.681. The van der Waals surface area contributed by atoms with Crippen LogP contribution < -0.4 is 0 Å². The Morgan fingerprint density at radius 1 is 1.55 bits per heavy atom.